The summed E-state index contributed by atoms with van der Waals surface area (Å²) in [7, 11) is 0. The predicted molar refractivity (Wildman–Crippen MR) is 134 cm³/mol. The zero-order chi connectivity index (χ0) is 26.4. The first kappa shape index (κ1) is 26.4. The van der Waals surface area contributed by atoms with Crippen LogP contribution in [0.4, 0.5) is 4.79 Å². The van der Waals surface area contributed by atoms with Gasteiger partial charge in [0.05, 0.1) is 6.61 Å². The molecule has 1 saturated heterocycles. The van der Waals surface area contributed by atoms with Crippen LogP contribution in [-0.4, -0.2) is 61.4 Å². The largest absolute Gasteiger partial charge is 0.479 e. The van der Waals surface area contributed by atoms with Gasteiger partial charge in [0.2, 0.25) is 0 Å². The molecule has 1 heterocycles. The van der Waals surface area contributed by atoms with Crippen molar-refractivity contribution in [3.63, 3.8) is 0 Å². The highest BCUT2D eigenvalue weighted by Gasteiger charge is 2.34. The fraction of sp³-hybridized carbons (Fsp3) is 0.393. The summed E-state index contributed by atoms with van der Waals surface area (Å²) in [6.45, 7) is 3.87. The lowest BCUT2D eigenvalue weighted by Crippen LogP contribution is -2.43. The first-order valence-electron chi connectivity index (χ1n) is 12.2. The smallest absolute Gasteiger partial charge is 0.407 e. The number of carboxylic acid groups (broad SMARTS) is 1. The van der Waals surface area contributed by atoms with Crippen molar-refractivity contribution >= 4 is 18.0 Å². The first-order chi connectivity index (χ1) is 17.8. The number of ether oxygens (including phenoxy) is 4. The molecule has 1 aliphatic heterocycles. The number of allylic oxidation sites excluding steroid dienone is 1. The number of amides is 1. The van der Waals surface area contributed by atoms with Gasteiger partial charge in [-0.05, 0) is 48.6 Å². The molecule has 0 spiro atoms. The Labute approximate surface area is 215 Å². The van der Waals surface area contributed by atoms with Crippen LogP contribution < -0.4 is 5.32 Å². The van der Waals surface area contributed by atoms with E-state index in [-0.39, 0.29) is 38.6 Å². The molecule has 0 saturated carbocycles. The highest BCUT2D eigenvalue weighted by atomic mass is 16.7. The van der Waals surface area contributed by atoms with Crippen LogP contribution in [0.15, 0.2) is 60.2 Å². The average Bonchev–Trinajstić information content (AvgIpc) is 3.48. The number of alkyl carbamates (subject to hydrolysis) is 1. The maximum atomic E-state index is 12.8. The number of nitrogens with one attached hydrogen (secondary N) is 1. The minimum Gasteiger partial charge on any atom is -0.479 e. The second-order valence-corrected chi connectivity index (χ2v) is 9.24. The van der Waals surface area contributed by atoms with E-state index in [0.29, 0.717) is 0 Å². The van der Waals surface area contributed by atoms with E-state index in [2.05, 4.69) is 17.4 Å². The third-order valence-corrected chi connectivity index (χ3v) is 6.35. The zero-order valence-electron chi connectivity index (χ0n) is 20.8. The molecule has 196 valence electrons. The number of carbonyl (C=O) groups excluding carboxylic acids is 2. The molecule has 0 bridgehead atoms. The second kappa shape index (κ2) is 12.0. The van der Waals surface area contributed by atoms with Crippen LogP contribution in [0.1, 0.15) is 43.7 Å². The minimum atomic E-state index is -1.11. The van der Waals surface area contributed by atoms with E-state index in [4.69, 9.17) is 24.1 Å². The zero-order valence-corrected chi connectivity index (χ0v) is 20.8. The topological polar surface area (TPSA) is 120 Å². The van der Waals surface area contributed by atoms with E-state index in [0.717, 1.165) is 27.8 Å². The number of fused-ring (bicyclic) bond motifs is 3. The molecule has 1 unspecified atom stereocenters. The van der Waals surface area contributed by atoms with Crippen molar-refractivity contribution in [1.82, 2.24) is 5.32 Å². The molecule has 9 heteroatoms. The number of esters is 1. The highest BCUT2D eigenvalue weighted by Crippen LogP contribution is 2.44. The number of hydrogen-bond donors (Lipinski definition) is 2. The molecular weight excluding hydrogens is 478 g/mol. The highest BCUT2D eigenvalue weighted by molar-refractivity contribution is 5.82. The number of rotatable bonds is 10. The van der Waals surface area contributed by atoms with Crippen molar-refractivity contribution in [1.29, 1.82) is 0 Å². The van der Waals surface area contributed by atoms with Gasteiger partial charge in [-0.3, -0.25) is 0 Å². The summed E-state index contributed by atoms with van der Waals surface area (Å²) in [6.07, 6.45) is -0.530. The van der Waals surface area contributed by atoms with Crippen LogP contribution in [0.3, 0.4) is 0 Å². The van der Waals surface area contributed by atoms with Gasteiger partial charge in [-0.25, -0.2) is 14.4 Å². The quantitative estimate of drug-likeness (QED) is 0.364. The Morgan fingerprint density at radius 2 is 1.70 bits per heavy atom. The van der Waals surface area contributed by atoms with Gasteiger partial charge in [0.1, 0.15) is 19.3 Å². The van der Waals surface area contributed by atoms with E-state index in [9.17, 15) is 14.4 Å². The molecular formula is C28H31NO8. The van der Waals surface area contributed by atoms with Crippen molar-refractivity contribution in [2.75, 3.05) is 19.8 Å². The third kappa shape index (κ3) is 6.55. The normalized spacial score (nSPS) is 18.9. The van der Waals surface area contributed by atoms with Crippen molar-refractivity contribution in [2.45, 2.75) is 51.0 Å². The van der Waals surface area contributed by atoms with Crippen LogP contribution in [0.5, 0.6) is 0 Å². The Kier molecular flexibility index (Phi) is 8.58. The molecule has 37 heavy (non-hydrogen) atoms. The molecule has 0 aromatic heterocycles. The van der Waals surface area contributed by atoms with Gasteiger partial charge < -0.3 is 29.4 Å². The number of aliphatic carboxylic acids is 1. The lowest BCUT2D eigenvalue weighted by molar-refractivity contribution is -0.152. The number of carbonyl (C=O) groups is 3. The standard InChI is InChI=1S/C28H31NO8/c1-17(2)13-14-34-27(32)23(11-12-25-35-16-24(37-25)26(30)31)29-28(33)36-15-22-20-9-5-3-7-18(20)19-8-4-6-10-21(19)22/h3-10,13,22-25H,11-12,14-16H2,1-2H3,(H,29,33)(H,30,31)/t23-,24-,25?/m0/s1. The fourth-order valence-electron chi connectivity index (χ4n) is 4.46. The van der Waals surface area contributed by atoms with Gasteiger partial charge in [-0.1, -0.05) is 54.1 Å². The summed E-state index contributed by atoms with van der Waals surface area (Å²) >= 11 is 0. The molecule has 3 atom stereocenters. The molecule has 2 aromatic rings. The second-order valence-electron chi connectivity index (χ2n) is 9.24. The van der Waals surface area contributed by atoms with Crippen LogP contribution >= 0.6 is 0 Å². The molecule has 1 aliphatic carbocycles. The molecule has 9 nitrogen and oxygen atoms in total. The first-order valence-corrected chi connectivity index (χ1v) is 12.2. The molecule has 1 fully saturated rings. The number of carboxylic acids is 1. The minimum absolute atomic E-state index is 0.0710. The van der Waals surface area contributed by atoms with Gasteiger partial charge >= 0.3 is 18.0 Å². The van der Waals surface area contributed by atoms with Gasteiger partial charge in [0.15, 0.2) is 12.4 Å². The molecule has 4 rings (SSSR count). The predicted octanol–water partition coefficient (Wildman–Crippen LogP) is 4.01. The summed E-state index contributed by atoms with van der Waals surface area (Å²) in [5, 5.41) is 11.7. The Balaban J connectivity index is 1.37. The molecule has 0 radical (unpaired) electrons. The van der Waals surface area contributed by atoms with Crippen LogP contribution in [0.2, 0.25) is 0 Å². The SMILES string of the molecule is CC(C)=CCOC(=O)[C@H](CCC1OC[C@@H](C(=O)O)O1)NC(=O)OCC1c2ccccc2-c2ccccc21. The van der Waals surface area contributed by atoms with E-state index < -0.39 is 36.5 Å². The molecule has 2 N–H and O–H groups in total. The number of benzene rings is 2. The van der Waals surface area contributed by atoms with Crippen molar-refractivity contribution < 1.29 is 38.4 Å². The van der Waals surface area contributed by atoms with Gasteiger partial charge in [-0.15, -0.1) is 0 Å². The maximum Gasteiger partial charge on any atom is 0.407 e. The Hall–Kier alpha value is -3.69. The van der Waals surface area contributed by atoms with Gasteiger partial charge in [-0.2, -0.15) is 0 Å². The maximum absolute atomic E-state index is 12.8. The molecule has 1 amide bonds. The summed E-state index contributed by atoms with van der Waals surface area (Å²) in [5.41, 5.74) is 5.38. The van der Waals surface area contributed by atoms with Crippen molar-refractivity contribution in [3.05, 3.63) is 71.3 Å². The van der Waals surface area contributed by atoms with Gasteiger partial charge in [0, 0.05) is 12.3 Å². The lowest BCUT2D eigenvalue weighted by atomic mass is 9.98. The fourth-order valence-corrected chi connectivity index (χ4v) is 4.46. The van der Waals surface area contributed by atoms with Crippen molar-refractivity contribution in [2.24, 2.45) is 0 Å². The Morgan fingerprint density at radius 1 is 1.05 bits per heavy atom. The van der Waals surface area contributed by atoms with Gasteiger partial charge in [0.25, 0.3) is 0 Å². The monoisotopic (exact) mass is 509 g/mol. The van der Waals surface area contributed by atoms with Crippen LogP contribution in [0, 0.1) is 0 Å². The van der Waals surface area contributed by atoms with E-state index in [1.807, 2.05) is 50.2 Å². The molecule has 2 aromatic carbocycles. The summed E-state index contributed by atoms with van der Waals surface area (Å²) in [5.74, 6) is -1.86. The number of hydrogen-bond acceptors (Lipinski definition) is 7. The Bertz CT molecular complexity index is 1130. The summed E-state index contributed by atoms with van der Waals surface area (Å²) in [6, 6.07) is 15.0. The Morgan fingerprint density at radius 3 is 2.30 bits per heavy atom. The molecule has 2 aliphatic rings. The van der Waals surface area contributed by atoms with E-state index in [1.54, 1.807) is 6.08 Å². The van der Waals surface area contributed by atoms with Crippen LogP contribution in [-0.2, 0) is 28.5 Å². The summed E-state index contributed by atoms with van der Waals surface area (Å²) < 4.78 is 21.5. The average molecular weight is 510 g/mol. The van der Waals surface area contributed by atoms with E-state index >= 15 is 0 Å². The third-order valence-electron chi connectivity index (χ3n) is 6.35. The van der Waals surface area contributed by atoms with E-state index in [1.165, 1.54) is 0 Å². The van der Waals surface area contributed by atoms with Crippen molar-refractivity contribution in [3.8, 4) is 11.1 Å². The van der Waals surface area contributed by atoms with Crippen LogP contribution in [0.25, 0.3) is 11.1 Å². The lowest BCUT2D eigenvalue weighted by Gasteiger charge is -2.20. The summed E-state index contributed by atoms with van der Waals surface area (Å²) in [4.78, 5) is 36.6.